The van der Waals surface area contributed by atoms with Crippen LogP contribution in [0.1, 0.15) is 52.0 Å². The van der Waals surface area contributed by atoms with Gasteiger partial charge in [-0.2, -0.15) is 4.39 Å². The van der Waals surface area contributed by atoms with Crippen LogP contribution in [0.15, 0.2) is 30.3 Å². The number of hydrogen-bond donors (Lipinski definition) is 3. The van der Waals surface area contributed by atoms with Gasteiger partial charge >= 0.3 is 5.97 Å². The first-order valence-corrected chi connectivity index (χ1v) is 11.2. The van der Waals surface area contributed by atoms with Gasteiger partial charge in [0.1, 0.15) is 0 Å². The lowest BCUT2D eigenvalue weighted by atomic mass is 9.87. The standard InChI is InChI=1S/C24H25ClF2N2O5/c1-13-12-15(4-8-18(13)25)22(30)28-10-11-29-23(31)17-7-9-19(21(27)20(17)26)34-16-5-2-14(3-6-16)24(32)33/h4,7-9,12,14,16H,2-3,5-6,10-11H2,1H3,(H,28,30)(H,29,31)(H,32,33). The molecule has 1 fully saturated rings. The molecule has 3 N–H and O–H groups in total. The third-order valence-corrected chi connectivity index (χ3v) is 6.15. The molecular weight excluding hydrogens is 470 g/mol. The molecule has 34 heavy (non-hydrogen) atoms. The summed E-state index contributed by atoms with van der Waals surface area (Å²) in [7, 11) is 0. The summed E-state index contributed by atoms with van der Waals surface area (Å²) in [5, 5.41) is 14.6. The molecule has 0 spiro atoms. The molecule has 2 amide bonds. The van der Waals surface area contributed by atoms with Gasteiger partial charge in [0.05, 0.1) is 17.6 Å². The van der Waals surface area contributed by atoms with Gasteiger partial charge in [0, 0.05) is 23.7 Å². The number of aryl methyl sites for hydroxylation is 1. The van der Waals surface area contributed by atoms with Crippen molar-refractivity contribution in [2.24, 2.45) is 5.92 Å². The second-order valence-corrected chi connectivity index (χ2v) is 8.55. The van der Waals surface area contributed by atoms with Crippen LogP contribution in [0.5, 0.6) is 5.75 Å². The van der Waals surface area contributed by atoms with Gasteiger partial charge in [-0.1, -0.05) is 11.6 Å². The van der Waals surface area contributed by atoms with E-state index in [4.69, 9.17) is 21.4 Å². The number of hydrogen-bond acceptors (Lipinski definition) is 4. The van der Waals surface area contributed by atoms with E-state index < -0.39 is 41.1 Å². The summed E-state index contributed by atoms with van der Waals surface area (Å²) in [5.41, 5.74) is 0.674. The number of benzene rings is 2. The first-order chi connectivity index (χ1) is 16.2. The van der Waals surface area contributed by atoms with Gasteiger partial charge in [0.2, 0.25) is 5.82 Å². The molecule has 1 aliphatic rings. The van der Waals surface area contributed by atoms with Crippen molar-refractivity contribution in [3.8, 4) is 5.75 Å². The summed E-state index contributed by atoms with van der Waals surface area (Å²) in [4.78, 5) is 35.5. The maximum atomic E-state index is 14.5. The zero-order valence-corrected chi connectivity index (χ0v) is 19.3. The Hall–Kier alpha value is -3.20. The Bertz CT molecular complexity index is 1090. The largest absolute Gasteiger partial charge is 0.487 e. The molecule has 0 atom stereocenters. The lowest BCUT2D eigenvalue weighted by Crippen LogP contribution is -2.35. The van der Waals surface area contributed by atoms with Gasteiger partial charge in [0.15, 0.2) is 11.6 Å². The number of nitrogens with one attached hydrogen (secondary N) is 2. The van der Waals surface area contributed by atoms with Crippen molar-refractivity contribution in [3.05, 3.63) is 63.7 Å². The summed E-state index contributed by atoms with van der Waals surface area (Å²) in [6.07, 6.45) is 1.22. The summed E-state index contributed by atoms with van der Waals surface area (Å²) < 4.78 is 34.5. The second kappa shape index (κ2) is 11.3. The molecule has 1 saturated carbocycles. The highest BCUT2D eigenvalue weighted by Crippen LogP contribution is 2.30. The summed E-state index contributed by atoms with van der Waals surface area (Å²) in [6, 6.07) is 7.13. The topological polar surface area (TPSA) is 105 Å². The SMILES string of the molecule is Cc1cc(C(=O)NCCNC(=O)c2ccc(OC3CCC(C(=O)O)CC3)c(F)c2F)ccc1Cl. The van der Waals surface area contributed by atoms with Crippen molar-refractivity contribution in [3.63, 3.8) is 0 Å². The van der Waals surface area contributed by atoms with Crippen molar-refractivity contribution in [1.29, 1.82) is 0 Å². The molecule has 0 heterocycles. The van der Waals surface area contributed by atoms with Crippen molar-refractivity contribution >= 4 is 29.4 Å². The summed E-state index contributed by atoms with van der Waals surface area (Å²) in [6.45, 7) is 1.85. The maximum absolute atomic E-state index is 14.5. The molecule has 2 aromatic carbocycles. The maximum Gasteiger partial charge on any atom is 0.306 e. The quantitative estimate of drug-likeness (QED) is 0.479. The normalized spacial score (nSPS) is 17.6. The molecule has 2 aromatic rings. The predicted octanol–water partition coefficient (Wildman–Crippen LogP) is 4.11. The minimum atomic E-state index is -1.34. The van der Waals surface area contributed by atoms with Gasteiger partial charge in [-0.25, -0.2) is 4.39 Å². The van der Waals surface area contributed by atoms with E-state index in [0.717, 1.165) is 11.6 Å². The highest BCUT2D eigenvalue weighted by molar-refractivity contribution is 6.31. The number of carbonyl (C=O) groups excluding carboxylic acids is 2. The molecule has 0 unspecified atom stereocenters. The third kappa shape index (κ3) is 6.22. The Morgan fingerprint density at radius 1 is 1.00 bits per heavy atom. The first kappa shape index (κ1) is 25.4. The average Bonchev–Trinajstić information content (AvgIpc) is 2.81. The summed E-state index contributed by atoms with van der Waals surface area (Å²) in [5.74, 6) is -5.45. The van der Waals surface area contributed by atoms with Crippen LogP contribution in [0.3, 0.4) is 0 Å². The minimum absolute atomic E-state index is 0.00325. The minimum Gasteiger partial charge on any atom is -0.487 e. The van der Waals surface area contributed by atoms with Crippen molar-refractivity contribution in [2.75, 3.05) is 13.1 Å². The number of aliphatic carboxylic acids is 1. The van der Waals surface area contributed by atoms with Crippen LogP contribution in [-0.4, -0.2) is 42.1 Å². The van der Waals surface area contributed by atoms with E-state index in [9.17, 15) is 23.2 Å². The predicted molar refractivity (Wildman–Crippen MR) is 121 cm³/mol. The molecule has 10 heteroatoms. The molecule has 3 rings (SSSR count). The fourth-order valence-corrected chi connectivity index (χ4v) is 3.86. The number of carbonyl (C=O) groups is 3. The summed E-state index contributed by atoms with van der Waals surface area (Å²) >= 11 is 5.94. The molecule has 0 aliphatic heterocycles. The van der Waals surface area contributed by atoms with E-state index in [-0.39, 0.29) is 24.7 Å². The molecular formula is C24H25ClF2N2O5. The number of carboxylic acid groups (broad SMARTS) is 1. The monoisotopic (exact) mass is 494 g/mol. The fourth-order valence-electron chi connectivity index (χ4n) is 3.74. The van der Waals surface area contributed by atoms with Crippen molar-refractivity contribution in [1.82, 2.24) is 10.6 Å². The number of amides is 2. The average molecular weight is 495 g/mol. The van der Waals surface area contributed by atoms with Crippen molar-refractivity contribution < 1.29 is 33.0 Å². The number of carboxylic acids is 1. The lowest BCUT2D eigenvalue weighted by molar-refractivity contribution is -0.143. The number of halogens is 3. The van der Waals surface area contributed by atoms with Gasteiger partial charge in [0.25, 0.3) is 11.8 Å². The van der Waals surface area contributed by atoms with E-state index in [2.05, 4.69) is 10.6 Å². The number of ether oxygens (including phenoxy) is 1. The zero-order valence-electron chi connectivity index (χ0n) is 18.5. The Morgan fingerprint density at radius 2 is 1.65 bits per heavy atom. The number of rotatable bonds is 8. The molecule has 0 aromatic heterocycles. The molecule has 0 saturated heterocycles. The van der Waals surface area contributed by atoms with Crippen LogP contribution in [0.4, 0.5) is 8.78 Å². The van der Waals surface area contributed by atoms with E-state index in [1.807, 2.05) is 0 Å². The van der Waals surface area contributed by atoms with Crippen LogP contribution in [-0.2, 0) is 4.79 Å². The Kier molecular flexibility index (Phi) is 8.44. The van der Waals surface area contributed by atoms with Crippen LogP contribution in [0, 0.1) is 24.5 Å². The fraction of sp³-hybridized carbons (Fsp3) is 0.375. The smallest absolute Gasteiger partial charge is 0.306 e. The molecule has 0 bridgehead atoms. The van der Waals surface area contributed by atoms with E-state index >= 15 is 0 Å². The van der Waals surface area contributed by atoms with E-state index in [1.54, 1.807) is 25.1 Å². The van der Waals surface area contributed by atoms with E-state index in [1.165, 1.54) is 6.07 Å². The van der Waals surface area contributed by atoms with Gasteiger partial charge in [-0.05, 0) is 68.5 Å². The van der Waals surface area contributed by atoms with Crippen molar-refractivity contribution in [2.45, 2.75) is 38.7 Å². The zero-order chi connectivity index (χ0) is 24.8. The third-order valence-electron chi connectivity index (χ3n) is 5.72. The highest BCUT2D eigenvalue weighted by atomic mass is 35.5. The Balaban J connectivity index is 1.50. The molecule has 7 nitrogen and oxygen atoms in total. The molecule has 0 radical (unpaired) electrons. The highest BCUT2D eigenvalue weighted by Gasteiger charge is 2.28. The van der Waals surface area contributed by atoms with Gasteiger partial charge < -0.3 is 20.5 Å². The van der Waals surface area contributed by atoms with Crippen LogP contribution >= 0.6 is 11.6 Å². The molecule has 1 aliphatic carbocycles. The van der Waals surface area contributed by atoms with Crippen LogP contribution in [0.2, 0.25) is 5.02 Å². The lowest BCUT2D eigenvalue weighted by Gasteiger charge is -2.27. The Labute approximate surface area is 200 Å². The van der Waals surface area contributed by atoms with Gasteiger partial charge in [-0.15, -0.1) is 0 Å². The van der Waals surface area contributed by atoms with Crippen LogP contribution in [0.25, 0.3) is 0 Å². The van der Waals surface area contributed by atoms with Crippen LogP contribution < -0.4 is 15.4 Å². The van der Waals surface area contributed by atoms with Gasteiger partial charge in [-0.3, -0.25) is 14.4 Å². The second-order valence-electron chi connectivity index (χ2n) is 8.14. The Morgan fingerprint density at radius 3 is 2.26 bits per heavy atom. The molecule has 182 valence electrons. The first-order valence-electron chi connectivity index (χ1n) is 10.9. The van der Waals surface area contributed by atoms with E-state index in [0.29, 0.717) is 36.3 Å².